The van der Waals surface area contributed by atoms with Gasteiger partial charge >= 0.3 is 6.18 Å². The predicted octanol–water partition coefficient (Wildman–Crippen LogP) is 13.1. The van der Waals surface area contributed by atoms with Gasteiger partial charge in [-0.3, -0.25) is 0 Å². The average Bonchev–Trinajstić information content (AvgIpc) is 3.62. The van der Waals surface area contributed by atoms with Crippen LogP contribution < -0.4 is 0 Å². The van der Waals surface area contributed by atoms with Gasteiger partial charge < -0.3 is 4.57 Å². The first-order chi connectivity index (χ1) is 29.3. The van der Waals surface area contributed by atoms with Gasteiger partial charge in [-0.25, -0.2) is 24.9 Å². The number of alkyl halides is 3. The smallest absolute Gasteiger partial charge is 0.308 e. The Bertz CT molecular complexity index is 3070. The van der Waals surface area contributed by atoms with E-state index in [0.717, 1.165) is 56.2 Å². The maximum absolute atomic E-state index is 14.4. The molecule has 0 N–H and O–H groups in total. The molecule has 0 aliphatic rings. The first-order valence-electron chi connectivity index (χ1n) is 19.4. The first kappa shape index (κ1) is 36.6. The Balaban J connectivity index is 1.29. The van der Waals surface area contributed by atoms with Crippen molar-refractivity contribution in [2.75, 3.05) is 0 Å². The Morgan fingerprint density at radius 2 is 0.867 bits per heavy atom. The molecule has 0 aliphatic heterocycles. The van der Waals surface area contributed by atoms with Gasteiger partial charge in [0.25, 0.3) is 0 Å². The Morgan fingerprint density at radius 3 is 1.40 bits per heavy atom. The van der Waals surface area contributed by atoms with E-state index in [1.807, 2.05) is 175 Å². The number of hydrogen-bond acceptors (Lipinski definition) is 5. The summed E-state index contributed by atoms with van der Waals surface area (Å²) in [4.78, 5) is 25.4. The molecule has 3 heterocycles. The summed E-state index contributed by atoms with van der Waals surface area (Å²) in [7, 11) is 0. The number of halogens is 3. The van der Waals surface area contributed by atoms with Crippen molar-refractivity contribution in [3.05, 3.63) is 193 Å². The van der Waals surface area contributed by atoms with Crippen molar-refractivity contribution >= 4 is 21.8 Å². The number of aromatic nitrogens is 6. The molecule has 10 aromatic rings. The van der Waals surface area contributed by atoms with Crippen LogP contribution in [-0.4, -0.2) is 29.5 Å². The molecule has 0 amide bonds. The summed E-state index contributed by atoms with van der Waals surface area (Å²) in [6, 6.07) is 56.7. The number of fused-ring (bicyclic) bond motifs is 3. The summed E-state index contributed by atoms with van der Waals surface area (Å²) in [5.74, 6) is 1.68. The molecule has 0 unspecified atom stereocenters. The minimum atomic E-state index is -4.56. The van der Waals surface area contributed by atoms with Gasteiger partial charge in [0.05, 0.1) is 33.7 Å². The van der Waals surface area contributed by atoms with Crippen molar-refractivity contribution in [3.8, 4) is 73.8 Å². The molecular formula is C51H33F3N6. The van der Waals surface area contributed by atoms with E-state index in [9.17, 15) is 13.2 Å². The Hall–Kier alpha value is -7.78. The molecule has 0 saturated heterocycles. The molecule has 10 rings (SSSR count). The van der Waals surface area contributed by atoms with Gasteiger partial charge in [-0.2, -0.15) is 13.2 Å². The first-order valence-corrected chi connectivity index (χ1v) is 19.4. The number of nitrogens with zero attached hydrogens (tertiary/aromatic N) is 6. The topological polar surface area (TPSA) is 69.4 Å². The van der Waals surface area contributed by atoms with E-state index >= 15 is 0 Å². The highest BCUT2D eigenvalue weighted by atomic mass is 19.4. The zero-order chi connectivity index (χ0) is 40.8. The van der Waals surface area contributed by atoms with Crippen molar-refractivity contribution in [3.63, 3.8) is 0 Å². The van der Waals surface area contributed by atoms with Crippen LogP contribution in [0.4, 0.5) is 13.2 Å². The zero-order valence-corrected chi connectivity index (χ0v) is 32.1. The lowest BCUT2D eigenvalue weighted by Crippen LogP contribution is -2.06. The van der Waals surface area contributed by atoms with E-state index in [1.165, 1.54) is 6.07 Å². The monoisotopic (exact) mass is 786 g/mol. The van der Waals surface area contributed by atoms with Gasteiger partial charge in [0.15, 0.2) is 23.3 Å². The third-order valence-corrected chi connectivity index (χ3v) is 10.6. The molecule has 0 fully saturated rings. The molecule has 7 aromatic carbocycles. The van der Waals surface area contributed by atoms with Crippen LogP contribution in [0.1, 0.15) is 11.1 Å². The van der Waals surface area contributed by atoms with E-state index in [0.29, 0.717) is 51.0 Å². The fourth-order valence-corrected chi connectivity index (χ4v) is 7.63. The van der Waals surface area contributed by atoms with Crippen molar-refractivity contribution in [2.45, 2.75) is 13.1 Å². The molecule has 0 atom stereocenters. The summed E-state index contributed by atoms with van der Waals surface area (Å²) in [6.45, 7) is 1.97. The Morgan fingerprint density at radius 1 is 0.400 bits per heavy atom. The molecule has 0 saturated carbocycles. The predicted molar refractivity (Wildman–Crippen MR) is 232 cm³/mol. The van der Waals surface area contributed by atoms with Crippen LogP contribution in [-0.2, 0) is 6.18 Å². The highest BCUT2D eigenvalue weighted by Gasteiger charge is 2.32. The van der Waals surface area contributed by atoms with Crippen LogP contribution in [0.3, 0.4) is 0 Å². The Labute approximate surface area is 343 Å². The fourth-order valence-electron chi connectivity index (χ4n) is 7.63. The molecule has 9 heteroatoms. The lowest BCUT2D eigenvalue weighted by atomic mass is 10.0. The number of hydrogen-bond donors (Lipinski definition) is 0. The molecule has 0 spiro atoms. The van der Waals surface area contributed by atoms with Gasteiger partial charge in [0.1, 0.15) is 0 Å². The van der Waals surface area contributed by atoms with Crippen molar-refractivity contribution in [1.29, 1.82) is 0 Å². The normalized spacial score (nSPS) is 11.7. The third kappa shape index (κ3) is 6.86. The van der Waals surface area contributed by atoms with Gasteiger partial charge in [-0.05, 0) is 55.0 Å². The van der Waals surface area contributed by atoms with Gasteiger partial charge in [0.2, 0.25) is 0 Å². The quantitative estimate of drug-likeness (QED) is 0.161. The molecule has 0 radical (unpaired) electrons. The summed E-state index contributed by atoms with van der Waals surface area (Å²) in [6.07, 6.45) is -4.56. The second-order valence-electron chi connectivity index (χ2n) is 14.5. The van der Waals surface area contributed by atoms with E-state index in [-0.39, 0.29) is 0 Å². The van der Waals surface area contributed by atoms with Gasteiger partial charge in [-0.15, -0.1) is 0 Å². The van der Waals surface area contributed by atoms with E-state index in [4.69, 9.17) is 24.9 Å². The number of aryl methyl sites for hydroxylation is 1. The van der Waals surface area contributed by atoms with Crippen LogP contribution in [0.25, 0.3) is 95.6 Å². The van der Waals surface area contributed by atoms with Crippen molar-refractivity contribution < 1.29 is 13.2 Å². The standard InChI is InChI=1S/C51H33F3N6/c1-32-22-25-39-40-26-24-38(51(52,53)54)30-46(40)60(45(39)28-32)44-27-23-37(49-55-42(33-14-6-2-7-15-33)31-43(56-49)34-16-8-3-9-17-34)29-41(44)50-58-47(35-18-10-4-11-19-35)57-48(59-50)36-20-12-5-13-21-36/h2-31H,1H3. The zero-order valence-electron chi connectivity index (χ0n) is 32.1. The van der Waals surface area contributed by atoms with Crippen molar-refractivity contribution in [2.24, 2.45) is 0 Å². The van der Waals surface area contributed by atoms with Crippen LogP contribution in [0.2, 0.25) is 0 Å². The minimum absolute atomic E-state index is 0.330. The lowest BCUT2D eigenvalue weighted by molar-refractivity contribution is -0.137. The highest BCUT2D eigenvalue weighted by molar-refractivity contribution is 6.10. The van der Waals surface area contributed by atoms with Crippen molar-refractivity contribution in [1.82, 2.24) is 29.5 Å². The molecule has 0 aliphatic carbocycles. The second-order valence-corrected chi connectivity index (χ2v) is 14.5. The van der Waals surface area contributed by atoms with E-state index in [2.05, 4.69) is 0 Å². The molecule has 60 heavy (non-hydrogen) atoms. The molecule has 0 bridgehead atoms. The molecule has 3 aromatic heterocycles. The molecule has 6 nitrogen and oxygen atoms in total. The van der Waals surface area contributed by atoms with Gasteiger partial charge in [0, 0.05) is 44.2 Å². The maximum atomic E-state index is 14.4. The maximum Gasteiger partial charge on any atom is 0.416 e. The fraction of sp³-hybridized carbons (Fsp3) is 0.0392. The molecule has 288 valence electrons. The second kappa shape index (κ2) is 14.9. The van der Waals surface area contributed by atoms with Crippen LogP contribution in [0.5, 0.6) is 0 Å². The highest BCUT2D eigenvalue weighted by Crippen LogP contribution is 2.41. The SMILES string of the molecule is Cc1ccc2c3ccc(C(F)(F)F)cc3n(-c3ccc(-c4nc(-c5ccccc5)cc(-c5ccccc5)n4)cc3-c3nc(-c4ccccc4)nc(-c4ccccc4)n3)c2c1. The van der Waals surface area contributed by atoms with Crippen LogP contribution in [0.15, 0.2) is 182 Å². The van der Waals surface area contributed by atoms with E-state index < -0.39 is 11.7 Å². The van der Waals surface area contributed by atoms with Crippen LogP contribution >= 0.6 is 0 Å². The third-order valence-electron chi connectivity index (χ3n) is 10.6. The Kier molecular flexibility index (Phi) is 9.06. The average molecular weight is 787 g/mol. The van der Waals surface area contributed by atoms with Gasteiger partial charge in [-0.1, -0.05) is 140 Å². The minimum Gasteiger partial charge on any atom is -0.308 e. The number of benzene rings is 7. The number of rotatable bonds is 7. The summed E-state index contributed by atoms with van der Waals surface area (Å²) in [5.41, 5.74) is 8.04. The van der Waals surface area contributed by atoms with Crippen LogP contribution in [0, 0.1) is 6.92 Å². The lowest BCUT2D eigenvalue weighted by Gasteiger charge is -2.17. The summed E-state index contributed by atoms with van der Waals surface area (Å²) < 4.78 is 45.2. The van der Waals surface area contributed by atoms with E-state index in [1.54, 1.807) is 6.07 Å². The summed E-state index contributed by atoms with van der Waals surface area (Å²) >= 11 is 0. The molecular weight excluding hydrogens is 754 g/mol. The largest absolute Gasteiger partial charge is 0.416 e. The summed E-state index contributed by atoms with van der Waals surface area (Å²) in [5, 5.41) is 1.50.